The second-order valence-corrected chi connectivity index (χ2v) is 7.52. The molecule has 0 saturated heterocycles. The first-order valence-electron chi connectivity index (χ1n) is 9.16. The van der Waals surface area contributed by atoms with Crippen LogP contribution in [0.15, 0.2) is 48.5 Å². The highest BCUT2D eigenvalue weighted by Crippen LogP contribution is 2.18. The number of benzene rings is 2. The summed E-state index contributed by atoms with van der Waals surface area (Å²) in [6.07, 6.45) is 0.158. The Balaban J connectivity index is 2.24. The van der Waals surface area contributed by atoms with Gasteiger partial charge in [0.25, 0.3) is 0 Å². The number of rotatable bonds is 7. The molecule has 0 radical (unpaired) electrons. The van der Waals surface area contributed by atoms with E-state index in [2.05, 4.69) is 5.32 Å². The Kier molecular flexibility index (Phi) is 7.43. The maximum absolute atomic E-state index is 13.1. The normalized spacial score (nSPS) is 11.9. The fourth-order valence-electron chi connectivity index (χ4n) is 2.78. The van der Waals surface area contributed by atoms with Gasteiger partial charge in [0.05, 0.1) is 6.42 Å². The van der Waals surface area contributed by atoms with Gasteiger partial charge in [0.15, 0.2) is 0 Å². The van der Waals surface area contributed by atoms with E-state index in [-0.39, 0.29) is 24.3 Å². The Hall–Kier alpha value is -2.33. The molecule has 0 spiro atoms. The summed E-state index contributed by atoms with van der Waals surface area (Å²) in [6.45, 7) is 7.95. The number of aryl methyl sites for hydroxylation is 1. The van der Waals surface area contributed by atoms with E-state index in [9.17, 15) is 9.59 Å². The zero-order valence-electron chi connectivity index (χ0n) is 16.3. The maximum atomic E-state index is 13.1. The summed E-state index contributed by atoms with van der Waals surface area (Å²) in [5.74, 6) is -0.292. The third-order valence-electron chi connectivity index (χ3n) is 4.37. The molecular formula is C22H27ClN2O2. The van der Waals surface area contributed by atoms with Crippen molar-refractivity contribution in [1.82, 2.24) is 10.2 Å². The quantitative estimate of drug-likeness (QED) is 0.777. The molecule has 0 aromatic heterocycles. The molecule has 0 saturated carbocycles. The van der Waals surface area contributed by atoms with Crippen molar-refractivity contribution in [2.75, 3.05) is 0 Å². The van der Waals surface area contributed by atoms with Gasteiger partial charge in [0.2, 0.25) is 11.8 Å². The van der Waals surface area contributed by atoms with Crippen molar-refractivity contribution in [2.45, 2.75) is 52.7 Å². The van der Waals surface area contributed by atoms with Crippen LogP contribution in [0.5, 0.6) is 0 Å². The fraction of sp³-hybridized carbons (Fsp3) is 0.364. The first-order valence-corrected chi connectivity index (χ1v) is 9.54. The SMILES string of the molecule is Cc1ccc(CN(C(=O)Cc2ccccc2Cl)[C@H](C)C(=O)NC(C)C)cc1. The lowest BCUT2D eigenvalue weighted by Gasteiger charge is -2.29. The molecular weight excluding hydrogens is 360 g/mol. The molecule has 27 heavy (non-hydrogen) atoms. The van der Waals surface area contributed by atoms with Crippen LogP contribution in [0.25, 0.3) is 0 Å². The van der Waals surface area contributed by atoms with Crippen LogP contribution in [-0.4, -0.2) is 28.8 Å². The highest BCUT2D eigenvalue weighted by Gasteiger charge is 2.26. The van der Waals surface area contributed by atoms with E-state index in [0.29, 0.717) is 11.6 Å². The predicted molar refractivity (Wildman–Crippen MR) is 110 cm³/mol. The standard InChI is InChI=1S/C22H27ClN2O2/c1-15(2)24-22(27)17(4)25(14-18-11-9-16(3)10-12-18)21(26)13-19-7-5-6-8-20(19)23/h5-12,15,17H,13-14H2,1-4H3,(H,24,27)/t17-/m1/s1. The van der Waals surface area contributed by atoms with Gasteiger partial charge >= 0.3 is 0 Å². The van der Waals surface area contributed by atoms with Gasteiger partial charge in [-0.05, 0) is 44.9 Å². The van der Waals surface area contributed by atoms with Crippen molar-refractivity contribution in [3.8, 4) is 0 Å². The molecule has 2 rings (SSSR count). The first kappa shape index (κ1) is 21.0. The summed E-state index contributed by atoms with van der Waals surface area (Å²) in [4.78, 5) is 27.2. The summed E-state index contributed by atoms with van der Waals surface area (Å²) >= 11 is 6.21. The number of hydrogen-bond acceptors (Lipinski definition) is 2. The molecule has 1 atom stereocenters. The highest BCUT2D eigenvalue weighted by molar-refractivity contribution is 6.31. The average molecular weight is 387 g/mol. The third-order valence-corrected chi connectivity index (χ3v) is 4.74. The predicted octanol–water partition coefficient (Wildman–Crippen LogP) is 4.13. The van der Waals surface area contributed by atoms with Crippen LogP contribution < -0.4 is 5.32 Å². The summed E-state index contributed by atoms with van der Waals surface area (Å²) in [6, 6.07) is 14.7. The van der Waals surface area contributed by atoms with Crippen LogP contribution in [0.4, 0.5) is 0 Å². The highest BCUT2D eigenvalue weighted by atomic mass is 35.5. The van der Waals surface area contributed by atoms with Crippen LogP contribution >= 0.6 is 11.6 Å². The Bertz CT molecular complexity index is 787. The molecule has 2 aromatic rings. The zero-order chi connectivity index (χ0) is 20.0. The Morgan fingerprint density at radius 1 is 1.04 bits per heavy atom. The molecule has 0 unspecified atom stereocenters. The monoisotopic (exact) mass is 386 g/mol. The summed E-state index contributed by atoms with van der Waals surface area (Å²) < 4.78 is 0. The average Bonchev–Trinajstić information content (AvgIpc) is 2.62. The van der Waals surface area contributed by atoms with Gasteiger partial charge in [-0.25, -0.2) is 0 Å². The van der Waals surface area contributed by atoms with Crippen molar-refractivity contribution < 1.29 is 9.59 Å². The minimum absolute atomic E-state index is 0.0137. The smallest absolute Gasteiger partial charge is 0.242 e. The van der Waals surface area contributed by atoms with Gasteiger partial charge in [-0.3, -0.25) is 9.59 Å². The minimum atomic E-state index is -0.580. The van der Waals surface area contributed by atoms with Crippen LogP contribution in [0.2, 0.25) is 5.02 Å². The van der Waals surface area contributed by atoms with E-state index in [4.69, 9.17) is 11.6 Å². The van der Waals surface area contributed by atoms with Gasteiger partial charge in [-0.2, -0.15) is 0 Å². The third kappa shape index (κ3) is 6.10. The number of amides is 2. The van der Waals surface area contributed by atoms with Gasteiger partial charge in [0.1, 0.15) is 6.04 Å². The molecule has 5 heteroatoms. The summed E-state index contributed by atoms with van der Waals surface area (Å²) in [5.41, 5.74) is 2.89. The fourth-order valence-corrected chi connectivity index (χ4v) is 2.99. The summed E-state index contributed by atoms with van der Waals surface area (Å²) in [7, 11) is 0. The molecule has 0 aliphatic heterocycles. The molecule has 4 nitrogen and oxygen atoms in total. The minimum Gasteiger partial charge on any atom is -0.352 e. The lowest BCUT2D eigenvalue weighted by atomic mass is 10.1. The molecule has 0 heterocycles. The van der Waals surface area contributed by atoms with E-state index < -0.39 is 6.04 Å². The van der Waals surface area contributed by atoms with Crippen LogP contribution in [0.3, 0.4) is 0 Å². The number of halogens is 1. The van der Waals surface area contributed by atoms with Crippen LogP contribution in [0, 0.1) is 6.92 Å². The van der Waals surface area contributed by atoms with E-state index in [1.807, 2.05) is 63.2 Å². The van der Waals surface area contributed by atoms with Crippen molar-refractivity contribution in [1.29, 1.82) is 0 Å². The Morgan fingerprint density at radius 2 is 1.67 bits per heavy atom. The second kappa shape index (κ2) is 9.56. The lowest BCUT2D eigenvalue weighted by Crippen LogP contribution is -2.49. The van der Waals surface area contributed by atoms with Crippen LogP contribution in [0.1, 0.15) is 37.5 Å². The molecule has 0 bridgehead atoms. The number of nitrogens with zero attached hydrogens (tertiary/aromatic N) is 1. The number of nitrogens with one attached hydrogen (secondary N) is 1. The van der Waals surface area contributed by atoms with Gasteiger partial charge in [-0.15, -0.1) is 0 Å². The molecule has 0 fully saturated rings. The van der Waals surface area contributed by atoms with E-state index >= 15 is 0 Å². The zero-order valence-corrected chi connectivity index (χ0v) is 17.1. The molecule has 144 valence electrons. The molecule has 0 aliphatic carbocycles. The molecule has 1 N–H and O–H groups in total. The molecule has 2 amide bonds. The topological polar surface area (TPSA) is 49.4 Å². The Morgan fingerprint density at radius 3 is 2.26 bits per heavy atom. The van der Waals surface area contributed by atoms with E-state index in [1.54, 1.807) is 17.9 Å². The van der Waals surface area contributed by atoms with Crippen molar-refractivity contribution >= 4 is 23.4 Å². The van der Waals surface area contributed by atoms with Gasteiger partial charge in [0, 0.05) is 17.6 Å². The number of hydrogen-bond donors (Lipinski definition) is 1. The largest absolute Gasteiger partial charge is 0.352 e. The van der Waals surface area contributed by atoms with Crippen molar-refractivity contribution in [2.24, 2.45) is 0 Å². The van der Waals surface area contributed by atoms with Gasteiger partial charge in [-0.1, -0.05) is 59.6 Å². The first-order chi connectivity index (χ1) is 12.8. The van der Waals surface area contributed by atoms with Crippen LogP contribution in [-0.2, 0) is 22.6 Å². The van der Waals surface area contributed by atoms with Gasteiger partial charge < -0.3 is 10.2 Å². The lowest BCUT2D eigenvalue weighted by molar-refractivity contribution is -0.140. The maximum Gasteiger partial charge on any atom is 0.242 e. The number of carbonyl (C=O) groups excluding carboxylic acids is 2. The van der Waals surface area contributed by atoms with Crippen molar-refractivity contribution in [3.05, 3.63) is 70.2 Å². The molecule has 2 aromatic carbocycles. The van der Waals surface area contributed by atoms with Crippen molar-refractivity contribution in [3.63, 3.8) is 0 Å². The number of carbonyl (C=O) groups is 2. The summed E-state index contributed by atoms with van der Waals surface area (Å²) in [5, 5.41) is 3.45. The second-order valence-electron chi connectivity index (χ2n) is 7.11. The van der Waals surface area contributed by atoms with E-state index in [0.717, 1.165) is 16.7 Å². The molecule has 0 aliphatic rings. The van der Waals surface area contributed by atoms with E-state index in [1.165, 1.54) is 0 Å². The Labute approximate surface area is 166 Å².